The molecular weight excluding hydrogens is 286 g/mol. The Morgan fingerprint density at radius 3 is 2.62 bits per heavy atom. The molecule has 0 saturated carbocycles. The Morgan fingerprint density at radius 2 is 1.95 bits per heavy atom. The Hall–Kier alpha value is -1.76. The molecule has 1 aromatic heterocycles. The van der Waals surface area contributed by atoms with E-state index in [1.807, 2.05) is 25.2 Å². The van der Waals surface area contributed by atoms with E-state index in [0.717, 1.165) is 16.7 Å². The molecule has 5 nitrogen and oxygen atoms in total. The molecule has 21 heavy (non-hydrogen) atoms. The summed E-state index contributed by atoms with van der Waals surface area (Å²) in [6, 6.07) is 9.07. The van der Waals surface area contributed by atoms with Crippen LogP contribution in [0.15, 0.2) is 47.6 Å². The van der Waals surface area contributed by atoms with E-state index in [-0.39, 0.29) is 6.54 Å². The summed E-state index contributed by atoms with van der Waals surface area (Å²) in [5.74, 6) is 0. The summed E-state index contributed by atoms with van der Waals surface area (Å²) in [4.78, 5) is 4.29. The van der Waals surface area contributed by atoms with E-state index in [1.165, 1.54) is 0 Å². The number of aromatic nitrogens is 1. The molecule has 112 valence electrons. The van der Waals surface area contributed by atoms with Crippen molar-refractivity contribution in [1.82, 2.24) is 15.0 Å². The molecule has 1 heterocycles. The number of aryl methyl sites for hydroxylation is 1. The van der Waals surface area contributed by atoms with Gasteiger partial charge in [0.2, 0.25) is 10.0 Å². The summed E-state index contributed by atoms with van der Waals surface area (Å²) < 4.78 is 27.5. The van der Waals surface area contributed by atoms with Crippen LogP contribution < -0.4 is 10.0 Å². The van der Waals surface area contributed by atoms with Crippen LogP contribution in [0.25, 0.3) is 0 Å². The van der Waals surface area contributed by atoms with Crippen molar-refractivity contribution < 1.29 is 8.42 Å². The van der Waals surface area contributed by atoms with Crippen molar-refractivity contribution in [2.75, 3.05) is 7.05 Å². The zero-order valence-corrected chi connectivity index (χ0v) is 12.9. The largest absolute Gasteiger partial charge is 0.316 e. The number of sulfonamides is 1. The first-order valence-corrected chi connectivity index (χ1v) is 8.14. The number of nitrogens with zero attached hydrogens (tertiary/aromatic N) is 1. The summed E-state index contributed by atoms with van der Waals surface area (Å²) >= 11 is 0. The number of hydrogen-bond acceptors (Lipinski definition) is 4. The highest BCUT2D eigenvalue weighted by Crippen LogP contribution is 2.17. The minimum Gasteiger partial charge on any atom is -0.316 e. The molecule has 2 rings (SSSR count). The molecule has 2 N–H and O–H groups in total. The molecule has 1 aromatic carbocycles. The lowest BCUT2D eigenvalue weighted by molar-refractivity contribution is 0.580. The molecule has 6 heteroatoms. The second-order valence-electron chi connectivity index (χ2n) is 4.82. The minimum atomic E-state index is -3.54. The second-order valence-corrected chi connectivity index (χ2v) is 6.55. The molecular formula is C15H19N3O2S. The van der Waals surface area contributed by atoms with Gasteiger partial charge in [0.1, 0.15) is 0 Å². The van der Waals surface area contributed by atoms with E-state index in [1.54, 1.807) is 31.5 Å². The first-order valence-electron chi connectivity index (χ1n) is 6.65. The topological polar surface area (TPSA) is 71.1 Å². The average Bonchev–Trinajstić information content (AvgIpc) is 2.48. The third kappa shape index (κ3) is 4.10. The fourth-order valence-electron chi connectivity index (χ4n) is 2.01. The third-order valence-electron chi connectivity index (χ3n) is 3.11. The Morgan fingerprint density at radius 1 is 1.14 bits per heavy atom. The van der Waals surface area contributed by atoms with E-state index >= 15 is 0 Å². The predicted octanol–water partition coefficient (Wildman–Crippen LogP) is 1.59. The number of benzene rings is 1. The Kier molecular flexibility index (Phi) is 5.06. The first kappa shape index (κ1) is 15.6. The van der Waals surface area contributed by atoms with Crippen LogP contribution in [-0.2, 0) is 23.1 Å². The van der Waals surface area contributed by atoms with Crippen LogP contribution in [0.3, 0.4) is 0 Å². The monoisotopic (exact) mass is 305 g/mol. The molecule has 0 aliphatic heterocycles. The molecule has 0 bridgehead atoms. The zero-order chi connectivity index (χ0) is 15.3. The third-order valence-corrected chi connectivity index (χ3v) is 4.66. The van der Waals surface area contributed by atoms with Crippen molar-refractivity contribution in [1.29, 1.82) is 0 Å². The quantitative estimate of drug-likeness (QED) is 0.850. The molecule has 0 unspecified atom stereocenters. The lowest BCUT2D eigenvalue weighted by atomic mass is 10.1. The Balaban J connectivity index is 2.21. The lowest BCUT2D eigenvalue weighted by Gasteiger charge is -2.11. The summed E-state index contributed by atoms with van der Waals surface area (Å²) in [6.45, 7) is 2.65. The van der Waals surface area contributed by atoms with E-state index in [9.17, 15) is 8.42 Å². The van der Waals surface area contributed by atoms with Crippen LogP contribution >= 0.6 is 0 Å². The number of hydrogen-bond donors (Lipinski definition) is 2. The average molecular weight is 305 g/mol. The summed E-state index contributed by atoms with van der Waals surface area (Å²) in [7, 11) is -1.71. The number of pyridine rings is 1. The molecule has 0 aliphatic rings. The predicted molar refractivity (Wildman–Crippen MR) is 82.2 cm³/mol. The van der Waals surface area contributed by atoms with Gasteiger partial charge in [-0.2, -0.15) is 0 Å². The second kappa shape index (κ2) is 6.80. The van der Waals surface area contributed by atoms with Crippen molar-refractivity contribution >= 4 is 10.0 Å². The highest BCUT2D eigenvalue weighted by atomic mass is 32.2. The maximum Gasteiger partial charge on any atom is 0.241 e. The fraction of sp³-hybridized carbons (Fsp3) is 0.267. The Labute approximate surface area is 125 Å². The standard InChI is InChI=1S/C15H19N3O2S/c1-12-5-6-13(9-16-2)8-15(12)21(19,20)18-11-14-4-3-7-17-10-14/h3-8,10,16,18H,9,11H2,1-2H3. The SMILES string of the molecule is CNCc1ccc(C)c(S(=O)(=O)NCc2cccnc2)c1. The molecule has 0 spiro atoms. The van der Waals surface area contributed by atoms with Gasteiger partial charge >= 0.3 is 0 Å². The van der Waals surface area contributed by atoms with Gasteiger partial charge in [0.05, 0.1) is 4.90 Å². The van der Waals surface area contributed by atoms with Crippen LogP contribution in [0.4, 0.5) is 0 Å². The van der Waals surface area contributed by atoms with E-state index in [2.05, 4.69) is 15.0 Å². The van der Waals surface area contributed by atoms with Crippen molar-refractivity contribution in [2.45, 2.75) is 24.9 Å². The van der Waals surface area contributed by atoms with Gasteiger partial charge in [-0.1, -0.05) is 18.2 Å². The van der Waals surface area contributed by atoms with E-state index in [0.29, 0.717) is 11.4 Å². The van der Waals surface area contributed by atoms with E-state index < -0.39 is 10.0 Å². The van der Waals surface area contributed by atoms with Crippen molar-refractivity contribution in [3.8, 4) is 0 Å². The summed E-state index contributed by atoms with van der Waals surface area (Å²) in [6.07, 6.45) is 3.30. The molecule has 0 aliphatic carbocycles. The number of rotatable bonds is 6. The molecule has 0 radical (unpaired) electrons. The maximum atomic E-state index is 12.4. The molecule has 0 atom stereocenters. The van der Waals surface area contributed by atoms with Gasteiger partial charge in [0.25, 0.3) is 0 Å². The van der Waals surface area contributed by atoms with Crippen LogP contribution in [0.2, 0.25) is 0 Å². The van der Waals surface area contributed by atoms with Gasteiger partial charge in [0.15, 0.2) is 0 Å². The number of nitrogens with one attached hydrogen (secondary N) is 2. The van der Waals surface area contributed by atoms with Crippen molar-refractivity contribution in [2.24, 2.45) is 0 Å². The van der Waals surface area contributed by atoms with Gasteiger partial charge in [-0.3, -0.25) is 4.98 Å². The highest BCUT2D eigenvalue weighted by molar-refractivity contribution is 7.89. The summed E-state index contributed by atoms with van der Waals surface area (Å²) in [5, 5.41) is 3.02. The maximum absolute atomic E-state index is 12.4. The van der Waals surface area contributed by atoms with Gasteiger partial charge in [-0.05, 0) is 42.8 Å². The molecule has 0 amide bonds. The zero-order valence-electron chi connectivity index (χ0n) is 12.1. The Bertz CT molecular complexity index is 700. The van der Waals surface area contributed by atoms with Gasteiger partial charge < -0.3 is 5.32 Å². The highest BCUT2D eigenvalue weighted by Gasteiger charge is 2.17. The smallest absolute Gasteiger partial charge is 0.241 e. The van der Waals surface area contributed by atoms with Gasteiger partial charge in [0, 0.05) is 25.5 Å². The van der Waals surface area contributed by atoms with Gasteiger partial charge in [-0.15, -0.1) is 0 Å². The van der Waals surface area contributed by atoms with Crippen LogP contribution in [0.1, 0.15) is 16.7 Å². The van der Waals surface area contributed by atoms with Crippen molar-refractivity contribution in [3.05, 3.63) is 59.4 Å². The molecule has 2 aromatic rings. The normalized spacial score (nSPS) is 11.5. The van der Waals surface area contributed by atoms with Crippen LogP contribution in [0.5, 0.6) is 0 Å². The first-order chi connectivity index (χ1) is 10.0. The van der Waals surface area contributed by atoms with E-state index in [4.69, 9.17) is 0 Å². The van der Waals surface area contributed by atoms with Crippen LogP contribution in [-0.4, -0.2) is 20.4 Å². The molecule has 0 fully saturated rings. The fourth-order valence-corrected chi connectivity index (χ4v) is 3.32. The minimum absolute atomic E-state index is 0.228. The summed E-state index contributed by atoms with van der Waals surface area (Å²) in [5.41, 5.74) is 2.49. The van der Waals surface area contributed by atoms with Crippen LogP contribution in [0, 0.1) is 6.92 Å². The molecule has 0 saturated heterocycles. The lowest BCUT2D eigenvalue weighted by Crippen LogP contribution is -2.24. The van der Waals surface area contributed by atoms with Crippen molar-refractivity contribution in [3.63, 3.8) is 0 Å². The van der Waals surface area contributed by atoms with Gasteiger partial charge in [-0.25, -0.2) is 13.1 Å².